The molecule has 1 unspecified atom stereocenters. The van der Waals surface area contributed by atoms with Crippen molar-refractivity contribution in [2.75, 3.05) is 18.5 Å². The maximum absolute atomic E-state index is 13.6. The molecule has 4 rings (SSSR count). The Morgan fingerprint density at radius 3 is 2.60 bits per heavy atom. The summed E-state index contributed by atoms with van der Waals surface area (Å²) in [7, 11) is 0. The van der Waals surface area contributed by atoms with E-state index in [0.717, 1.165) is 34.2 Å². The van der Waals surface area contributed by atoms with Crippen LogP contribution in [0.5, 0.6) is 0 Å². The van der Waals surface area contributed by atoms with E-state index in [-0.39, 0.29) is 30.7 Å². The van der Waals surface area contributed by atoms with E-state index >= 15 is 0 Å². The van der Waals surface area contributed by atoms with Crippen molar-refractivity contribution in [3.63, 3.8) is 0 Å². The van der Waals surface area contributed by atoms with Crippen molar-refractivity contribution in [2.24, 2.45) is 0 Å². The highest BCUT2D eigenvalue weighted by atomic mass is 35.5. The average molecular weight is 517 g/mol. The number of nitrogens with zero attached hydrogens (tertiary/aromatic N) is 1. The van der Waals surface area contributed by atoms with Gasteiger partial charge in [-0.25, -0.2) is 4.79 Å². The Labute approximate surface area is 213 Å². The molecule has 186 valence electrons. The molecule has 1 aliphatic rings. The smallest absolute Gasteiger partial charge is 0.341 e. The molecular formula is C26H29ClN2O5S. The highest BCUT2D eigenvalue weighted by molar-refractivity contribution is 7.17. The van der Waals surface area contributed by atoms with E-state index in [1.165, 1.54) is 11.3 Å². The number of thiophene rings is 1. The molecule has 0 radical (unpaired) electrons. The van der Waals surface area contributed by atoms with E-state index in [1.54, 1.807) is 19.9 Å². The van der Waals surface area contributed by atoms with Crippen LogP contribution in [0.4, 0.5) is 5.00 Å². The van der Waals surface area contributed by atoms with Gasteiger partial charge in [-0.1, -0.05) is 11.6 Å². The molecule has 1 aromatic carbocycles. The van der Waals surface area contributed by atoms with Gasteiger partial charge in [-0.05, 0) is 76.3 Å². The summed E-state index contributed by atoms with van der Waals surface area (Å²) in [5, 5.41) is 4.89. The second kappa shape index (κ2) is 10.4. The monoisotopic (exact) mass is 516 g/mol. The minimum absolute atomic E-state index is 0.185. The molecule has 0 saturated heterocycles. The standard InChI is InChI=1S/C26H29ClN2O5S/c1-5-29-18-12-11-15(27)13-17(18)14(4)22(29)23(30)28-24-21(26(32)34-7-3)20-16(25(31)33-6-2)9-8-10-19(20)35-24/h11-13,16H,5-10H2,1-4H3,(H,28,30). The number of hydrogen-bond donors (Lipinski definition) is 1. The van der Waals surface area contributed by atoms with Crippen LogP contribution < -0.4 is 5.32 Å². The van der Waals surface area contributed by atoms with Crippen molar-refractivity contribution < 1.29 is 23.9 Å². The van der Waals surface area contributed by atoms with Crippen molar-refractivity contribution in [1.29, 1.82) is 0 Å². The molecule has 3 aromatic rings. The second-order valence-corrected chi connectivity index (χ2v) is 9.94. The Morgan fingerprint density at radius 1 is 1.17 bits per heavy atom. The van der Waals surface area contributed by atoms with Crippen molar-refractivity contribution in [1.82, 2.24) is 4.57 Å². The molecule has 1 N–H and O–H groups in total. The SMILES string of the molecule is CCOC(=O)c1c(NC(=O)c2c(C)c3cc(Cl)ccc3n2CC)sc2c1C(C(=O)OCC)CCC2. The lowest BCUT2D eigenvalue weighted by molar-refractivity contribution is -0.145. The Balaban J connectivity index is 1.80. The van der Waals surface area contributed by atoms with Crippen LogP contribution in [0.1, 0.15) is 76.4 Å². The lowest BCUT2D eigenvalue weighted by Gasteiger charge is -2.22. The lowest BCUT2D eigenvalue weighted by atomic mass is 9.85. The summed E-state index contributed by atoms with van der Waals surface area (Å²) in [5.74, 6) is -1.77. The molecule has 1 amide bonds. The highest BCUT2D eigenvalue weighted by Crippen LogP contribution is 2.45. The molecule has 0 aliphatic heterocycles. The number of aryl methyl sites for hydroxylation is 3. The quantitative estimate of drug-likeness (QED) is 0.383. The molecule has 0 saturated carbocycles. The van der Waals surface area contributed by atoms with Gasteiger partial charge in [0.05, 0.1) is 24.7 Å². The van der Waals surface area contributed by atoms with Crippen molar-refractivity contribution in [3.8, 4) is 0 Å². The Hall–Kier alpha value is -2.84. The van der Waals surface area contributed by atoms with Gasteiger partial charge in [-0.2, -0.15) is 0 Å². The number of amides is 1. The number of fused-ring (bicyclic) bond motifs is 2. The van der Waals surface area contributed by atoms with Gasteiger partial charge in [0.2, 0.25) is 0 Å². The molecule has 0 bridgehead atoms. The third-order valence-electron chi connectivity index (χ3n) is 6.35. The van der Waals surface area contributed by atoms with Gasteiger partial charge in [0.1, 0.15) is 10.7 Å². The normalized spacial score (nSPS) is 15.1. The predicted molar refractivity (Wildman–Crippen MR) is 138 cm³/mol. The van der Waals surface area contributed by atoms with Gasteiger partial charge in [-0.3, -0.25) is 9.59 Å². The number of esters is 2. The van der Waals surface area contributed by atoms with Crippen molar-refractivity contribution >= 4 is 56.7 Å². The number of nitrogens with one attached hydrogen (secondary N) is 1. The Morgan fingerprint density at radius 2 is 1.91 bits per heavy atom. The minimum atomic E-state index is -0.550. The number of ether oxygens (including phenoxy) is 2. The molecular weight excluding hydrogens is 488 g/mol. The molecule has 0 spiro atoms. The fourth-order valence-corrected chi connectivity index (χ4v) is 6.37. The first-order valence-corrected chi connectivity index (χ1v) is 13.1. The number of rotatable bonds is 7. The highest BCUT2D eigenvalue weighted by Gasteiger charge is 2.37. The maximum Gasteiger partial charge on any atom is 0.341 e. The summed E-state index contributed by atoms with van der Waals surface area (Å²) in [6.07, 6.45) is 2.12. The number of carbonyl (C=O) groups excluding carboxylic acids is 3. The second-order valence-electron chi connectivity index (χ2n) is 8.39. The van der Waals surface area contributed by atoms with E-state index in [2.05, 4.69) is 5.32 Å². The van der Waals surface area contributed by atoms with Crippen LogP contribution in [0.3, 0.4) is 0 Å². The third kappa shape index (κ3) is 4.57. The zero-order chi connectivity index (χ0) is 25.3. The molecule has 35 heavy (non-hydrogen) atoms. The van der Waals surface area contributed by atoms with Crippen molar-refractivity contribution in [2.45, 2.75) is 59.4 Å². The largest absolute Gasteiger partial charge is 0.466 e. The summed E-state index contributed by atoms with van der Waals surface area (Å²) in [6.45, 7) is 8.39. The molecule has 0 fully saturated rings. The number of aromatic nitrogens is 1. The topological polar surface area (TPSA) is 86.6 Å². The number of benzene rings is 1. The van der Waals surface area contributed by atoms with E-state index in [0.29, 0.717) is 34.2 Å². The van der Waals surface area contributed by atoms with Gasteiger partial charge in [0.25, 0.3) is 5.91 Å². The van der Waals surface area contributed by atoms with Crippen LogP contribution in [-0.2, 0) is 27.2 Å². The molecule has 2 aromatic heterocycles. The average Bonchev–Trinajstić information content (AvgIpc) is 3.33. The zero-order valence-corrected chi connectivity index (χ0v) is 21.9. The van der Waals surface area contributed by atoms with Gasteiger partial charge in [0.15, 0.2) is 0 Å². The predicted octanol–water partition coefficient (Wildman–Crippen LogP) is 6.10. The van der Waals surface area contributed by atoms with Crippen LogP contribution in [0.2, 0.25) is 5.02 Å². The Bertz CT molecular complexity index is 1310. The number of hydrogen-bond acceptors (Lipinski definition) is 6. The van der Waals surface area contributed by atoms with E-state index in [4.69, 9.17) is 21.1 Å². The summed E-state index contributed by atoms with van der Waals surface area (Å²) >= 11 is 7.55. The van der Waals surface area contributed by atoms with Crippen LogP contribution in [-0.4, -0.2) is 35.6 Å². The minimum Gasteiger partial charge on any atom is -0.466 e. The van der Waals surface area contributed by atoms with Crippen LogP contribution >= 0.6 is 22.9 Å². The number of anilines is 1. The first kappa shape index (κ1) is 25.3. The van der Waals surface area contributed by atoms with E-state index in [9.17, 15) is 14.4 Å². The van der Waals surface area contributed by atoms with Crippen LogP contribution in [0.25, 0.3) is 10.9 Å². The number of carbonyl (C=O) groups is 3. The van der Waals surface area contributed by atoms with Gasteiger partial charge in [-0.15, -0.1) is 11.3 Å². The van der Waals surface area contributed by atoms with Gasteiger partial charge < -0.3 is 19.4 Å². The van der Waals surface area contributed by atoms with Gasteiger partial charge in [0, 0.05) is 27.3 Å². The summed E-state index contributed by atoms with van der Waals surface area (Å²) in [6, 6.07) is 5.56. The fourth-order valence-electron chi connectivity index (χ4n) is 4.91. The third-order valence-corrected chi connectivity index (χ3v) is 7.77. The first-order chi connectivity index (χ1) is 16.8. The summed E-state index contributed by atoms with van der Waals surface area (Å²) in [4.78, 5) is 40.3. The molecule has 1 atom stereocenters. The molecule has 9 heteroatoms. The molecule has 7 nitrogen and oxygen atoms in total. The molecule has 2 heterocycles. The van der Waals surface area contributed by atoms with Crippen LogP contribution in [0, 0.1) is 6.92 Å². The zero-order valence-electron chi connectivity index (χ0n) is 20.3. The Kier molecular flexibility index (Phi) is 7.52. The fraction of sp³-hybridized carbons (Fsp3) is 0.423. The first-order valence-electron chi connectivity index (χ1n) is 11.9. The number of halogens is 1. The summed E-state index contributed by atoms with van der Waals surface area (Å²) < 4.78 is 12.6. The van der Waals surface area contributed by atoms with Crippen molar-refractivity contribution in [3.05, 3.63) is 50.5 Å². The lowest BCUT2D eigenvalue weighted by Crippen LogP contribution is -2.23. The van der Waals surface area contributed by atoms with E-state index < -0.39 is 11.9 Å². The van der Waals surface area contributed by atoms with Crippen LogP contribution in [0.15, 0.2) is 18.2 Å². The molecule has 1 aliphatic carbocycles. The van der Waals surface area contributed by atoms with Gasteiger partial charge >= 0.3 is 11.9 Å². The summed E-state index contributed by atoms with van der Waals surface area (Å²) in [5.41, 5.74) is 3.13. The maximum atomic E-state index is 13.6. The van der Waals surface area contributed by atoms with E-state index in [1.807, 2.05) is 30.5 Å².